The summed E-state index contributed by atoms with van der Waals surface area (Å²) in [5.74, 6) is -0.839. The number of ether oxygens (including phenoxy) is 1. The van der Waals surface area contributed by atoms with E-state index in [0.717, 1.165) is 17.7 Å². The number of benzene rings is 2. The SMILES string of the molecule is C[C@H](NC(=O)C[C@@H]1CC[C@H](NS(=O)(=O)c2cccc(F)c2)[C@H](CO)O1)c1ccccc1. The average molecular weight is 451 g/mol. The molecule has 31 heavy (non-hydrogen) atoms. The van der Waals surface area contributed by atoms with Gasteiger partial charge < -0.3 is 15.2 Å². The van der Waals surface area contributed by atoms with Crippen LogP contribution in [0.15, 0.2) is 59.5 Å². The van der Waals surface area contributed by atoms with Crippen molar-refractivity contribution in [3.8, 4) is 0 Å². The Morgan fingerprint density at radius 2 is 1.94 bits per heavy atom. The molecule has 9 heteroatoms. The standard InChI is InChI=1S/C22H27FN2O5S/c1-15(16-6-3-2-4-7-16)24-22(27)13-18-10-11-20(21(14-26)30-18)25-31(28,29)19-9-5-8-17(23)12-19/h2-9,12,15,18,20-21,25-26H,10-11,13-14H2,1H3,(H,24,27)/t15-,18-,20-,21-/m0/s1. The van der Waals surface area contributed by atoms with Crippen molar-refractivity contribution < 1.29 is 27.4 Å². The highest BCUT2D eigenvalue weighted by Crippen LogP contribution is 2.24. The highest BCUT2D eigenvalue weighted by molar-refractivity contribution is 7.89. The number of halogens is 1. The van der Waals surface area contributed by atoms with Crippen molar-refractivity contribution in [2.75, 3.05) is 6.61 Å². The van der Waals surface area contributed by atoms with Crippen LogP contribution in [-0.2, 0) is 19.6 Å². The van der Waals surface area contributed by atoms with E-state index in [0.29, 0.717) is 12.8 Å². The minimum atomic E-state index is -3.97. The van der Waals surface area contributed by atoms with Gasteiger partial charge in [-0.05, 0) is 43.5 Å². The Labute approximate surface area is 181 Å². The molecule has 1 aliphatic rings. The summed E-state index contributed by atoms with van der Waals surface area (Å²) < 4.78 is 46.8. The number of hydrogen-bond donors (Lipinski definition) is 3. The van der Waals surface area contributed by atoms with Crippen molar-refractivity contribution >= 4 is 15.9 Å². The maximum atomic E-state index is 13.4. The van der Waals surface area contributed by atoms with E-state index >= 15 is 0 Å². The number of amides is 1. The van der Waals surface area contributed by atoms with Crippen LogP contribution in [0.1, 0.15) is 37.8 Å². The van der Waals surface area contributed by atoms with E-state index in [9.17, 15) is 22.7 Å². The number of carbonyl (C=O) groups is 1. The molecule has 0 spiro atoms. The average Bonchev–Trinajstić information content (AvgIpc) is 2.75. The fourth-order valence-electron chi connectivity index (χ4n) is 3.65. The maximum absolute atomic E-state index is 13.4. The second-order valence-corrected chi connectivity index (χ2v) is 9.36. The van der Waals surface area contributed by atoms with Crippen molar-refractivity contribution in [2.45, 2.75) is 55.4 Å². The van der Waals surface area contributed by atoms with Gasteiger partial charge in [0.05, 0.1) is 42.2 Å². The van der Waals surface area contributed by atoms with E-state index in [1.807, 2.05) is 37.3 Å². The van der Waals surface area contributed by atoms with Crippen LogP contribution in [0.2, 0.25) is 0 Å². The van der Waals surface area contributed by atoms with E-state index in [-0.39, 0.29) is 23.3 Å². The number of aliphatic hydroxyl groups excluding tert-OH is 1. The Hall–Kier alpha value is -2.33. The van der Waals surface area contributed by atoms with Crippen LogP contribution < -0.4 is 10.0 Å². The molecule has 1 amide bonds. The van der Waals surface area contributed by atoms with Gasteiger partial charge in [-0.1, -0.05) is 36.4 Å². The van der Waals surface area contributed by atoms with Crippen molar-refractivity contribution in [1.82, 2.24) is 10.0 Å². The van der Waals surface area contributed by atoms with Gasteiger partial charge in [0.25, 0.3) is 0 Å². The first-order chi connectivity index (χ1) is 14.8. The molecule has 7 nitrogen and oxygen atoms in total. The first-order valence-electron chi connectivity index (χ1n) is 10.2. The molecule has 0 bridgehead atoms. The van der Waals surface area contributed by atoms with E-state index in [1.165, 1.54) is 12.1 Å². The lowest BCUT2D eigenvalue weighted by molar-refractivity contribution is -0.131. The highest BCUT2D eigenvalue weighted by Gasteiger charge is 2.35. The van der Waals surface area contributed by atoms with Crippen molar-refractivity contribution in [3.05, 3.63) is 66.0 Å². The Bertz CT molecular complexity index is 986. The molecule has 1 fully saturated rings. The lowest BCUT2D eigenvalue weighted by atomic mass is 9.97. The lowest BCUT2D eigenvalue weighted by Gasteiger charge is -2.35. The van der Waals surface area contributed by atoms with Gasteiger partial charge in [-0.25, -0.2) is 17.5 Å². The third-order valence-electron chi connectivity index (χ3n) is 5.30. The zero-order valence-corrected chi connectivity index (χ0v) is 18.0. The van der Waals surface area contributed by atoms with Crippen molar-refractivity contribution in [2.24, 2.45) is 0 Å². The lowest BCUT2D eigenvalue weighted by Crippen LogP contribution is -2.51. The quantitative estimate of drug-likeness (QED) is 0.572. The molecular weight excluding hydrogens is 423 g/mol. The fraction of sp³-hybridized carbons (Fsp3) is 0.409. The van der Waals surface area contributed by atoms with Gasteiger partial charge in [-0.2, -0.15) is 0 Å². The van der Waals surface area contributed by atoms with Crippen LogP contribution in [0.4, 0.5) is 4.39 Å². The van der Waals surface area contributed by atoms with Gasteiger partial charge in [0.15, 0.2) is 0 Å². The molecule has 2 aromatic rings. The number of rotatable bonds is 8. The Morgan fingerprint density at radius 3 is 2.61 bits per heavy atom. The van der Waals surface area contributed by atoms with Gasteiger partial charge >= 0.3 is 0 Å². The van der Waals surface area contributed by atoms with E-state index in [2.05, 4.69) is 10.0 Å². The molecule has 3 rings (SSSR count). The van der Waals surface area contributed by atoms with Gasteiger partial charge in [-0.3, -0.25) is 4.79 Å². The van der Waals surface area contributed by atoms with Crippen LogP contribution in [-0.4, -0.2) is 44.3 Å². The summed E-state index contributed by atoms with van der Waals surface area (Å²) in [6.45, 7) is 1.48. The Morgan fingerprint density at radius 1 is 1.19 bits per heavy atom. The molecule has 0 saturated carbocycles. The predicted molar refractivity (Wildman–Crippen MR) is 113 cm³/mol. The molecule has 3 N–H and O–H groups in total. The molecule has 168 valence electrons. The van der Waals surface area contributed by atoms with Crippen LogP contribution >= 0.6 is 0 Å². The van der Waals surface area contributed by atoms with Gasteiger partial charge in [0, 0.05) is 0 Å². The first kappa shape index (κ1) is 23.3. The largest absolute Gasteiger partial charge is 0.394 e. The summed E-state index contributed by atoms with van der Waals surface area (Å²) in [7, 11) is -3.97. The first-order valence-corrected chi connectivity index (χ1v) is 11.7. The molecule has 1 aliphatic heterocycles. The molecule has 0 unspecified atom stereocenters. The summed E-state index contributed by atoms with van der Waals surface area (Å²) in [6.07, 6.45) is -0.306. The van der Waals surface area contributed by atoms with Crippen LogP contribution in [0.3, 0.4) is 0 Å². The smallest absolute Gasteiger partial charge is 0.241 e. The van der Waals surface area contributed by atoms with Gasteiger partial charge in [0.2, 0.25) is 15.9 Å². The zero-order chi connectivity index (χ0) is 22.4. The summed E-state index contributed by atoms with van der Waals surface area (Å²) in [5.41, 5.74) is 0.987. The van der Waals surface area contributed by atoms with Crippen LogP contribution in [0, 0.1) is 5.82 Å². The molecule has 1 saturated heterocycles. The van der Waals surface area contributed by atoms with Crippen molar-refractivity contribution in [1.29, 1.82) is 0 Å². The van der Waals surface area contributed by atoms with Gasteiger partial charge in [-0.15, -0.1) is 0 Å². The molecule has 0 aliphatic carbocycles. The minimum Gasteiger partial charge on any atom is -0.394 e. The second kappa shape index (κ2) is 10.3. The van der Waals surface area contributed by atoms with Crippen LogP contribution in [0.5, 0.6) is 0 Å². The monoisotopic (exact) mass is 450 g/mol. The zero-order valence-electron chi connectivity index (χ0n) is 17.2. The summed E-state index contributed by atoms with van der Waals surface area (Å²) in [5, 5.41) is 12.6. The summed E-state index contributed by atoms with van der Waals surface area (Å²) >= 11 is 0. The minimum absolute atomic E-state index is 0.108. The maximum Gasteiger partial charge on any atom is 0.241 e. The van der Waals surface area contributed by atoms with Gasteiger partial charge in [0.1, 0.15) is 5.82 Å². The summed E-state index contributed by atoms with van der Waals surface area (Å²) in [4.78, 5) is 12.2. The van der Waals surface area contributed by atoms with Crippen molar-refractivity contribution in [3.63, 3.8) is 0 Å². The number of carbonyl (C=O) groups excluding carboxylic acids is 1. The molecule has 0 aromatic heterocycles. The second-order valence-electron chi connectivity index (χ2n) is 7.65. The molecule has 0 radical (unpaired) electrons. The molecule has 1 heterocycles. The topological polar surface area (TPSA) is 105 Å². The third kappa shape index (κ3) is 6.33. The number of aliphatic hydroxyl groups is 1. The fourth-order valence-corrected chi connectivity index (χ4v) is 4.98. The van der Waals surface area contributed by atoms with Crippen LogP contribution in [0.25, 0.3) is 0 Å². The Kier molecular flexibility index (Phi) is 7.77. The number of sulfonamides is 1. The van der Waals surface area contributed by atoms with E-state index in [1.54, 1.807) is 0 Å². The molecule has 4 atom stereocenters. The molecule has 2 aromatic carbocycles. The predicted octanol–water partition coefficient (Wildman–Crippen LogP) is 2.28. The Balaban J connectivity index is 1.56. The normalized spacial score (nSPS) is 22.6. The number of nitrogens with one attached hydrogen (secondary N) is 2. The van der Waals surface area contributed by atoms with E-state index in [4.69, 9.17) is 4.74 Å². The summed E-state index contributed by atoms with van der Waals surface area (Å²) in [6, 6.07) is 13.4. The highest BCUT2D eigenvalue weighted by atomic mass is 32.2. The molecular formula is C22H27FN2O5S. The van der Waals surface area contributed by atoms with E-state index < -0.39 is 40.7 Å². The third-order valence-corrected chi connectivity index (χ3v) is 6.79. The number of hydrogen-bond acceptors (Lipinski definition) is 5.